The van der Waals surface area contributed by atoms with Gasteiger partial charge >= 0.3 is 17.1 Å². The van der Waals surface area contributed by atoms with Crippen molar-refractivity contribution in [3.63, 3.8) is 0 Å². The van der Waals surface area contributed by atoms with E-state index in [1.165, 1.54) is 0 Å². The van der Waals surface area contributed by atoms with Gasteiger partial charge < -0.3 is 13.5 Å². The van der Waals surface area contributed by atoms with Crippen molar-refractivity contribution in [2.45, 2.75) is 0 Å². The van der Waals surface area contributed by atoms with E-state index in [9.17, 15) is 0 Å². The summed E-state index contributed by atoms with van der Waals surface area (Å²) in [5, 5.41) is 0. The van der Waals surface area contributed by atoms with E-state index in [1.54, 1.807) is 0 Å². The fourth-order valence-corrected chi connectivity index (χ4v) is 0. The molecule has 0 nitrogen and oxygen atoms in total. The van der Waals surface area contributed by atoms with Gasteiger partial charge in [0.2, 0.25) is 0 Å². The van der Waals surface area contributed by atoms with Crippen LogP contribution in [-0.4, -0.2) is 0 Å². The molecule has 1 radical (unpaired) electrons. The smallest absolute Gasteiger partial charge is 0.813 e. The second kappa shape index (κ2) is 19.9. The molecule has 31 valence electrons. The molecule has 0 aromatic heterocycles. The predicted octanol–water partition coefficient (Wildman–Crippen LogP) is -0.278. The van der Waals surface area contributed by atoms with Crippen LogP contribution >= 0.6 is 0 Å². The van der Waals surface area contributed by atoms with E-state index in [2.05, 4.69) is 0 Å². The summed E-state index contributed by atoms with van der Waals surface area (Å²) >= 11 is 0. The van der Waals surface area contributed by atoms with Gasteiger partial charge in [-0.25, -0.2) is 0 Å². The van der Waals surface area contributed by atoms with E-state index < -0.39 is 0 Å². The summed E-state index contributed by atoms with van der Waals surface area (Å²) < 4.78 is 0. The standard InChI is InChI=1S/2Cu.H2S.Zn/h;;1H2;/q;+1;;/p-1. The second-order valence-electron chi connectivity index (χ2n) is 0. The van der Waals surface area contributed by atoms with Gasteiger partial charge in [0.15, 0.2) is 0 Å². The molecule has 0 heterocycles. The number of thiol groups is 1. The minimum atomic E-state index is 0. The molecule has 4 heteroatoms. The van der Waals surface area contributed by atoms with Gasteiger partial charge in [-0.3, -0.25) is 0 Å². The van der Waals surface area contributed by atoms with E-state index in [1.807, 2.05) is 0 Å². The molecule has 0 atom stereocenters. The van der Waals surface area contributed by atoms with Gasteiger partial charge in [-0.1, -0.05) is 0 Å². The molecule has 0 aromatic rings. The number of hydrogen-bond acceptors (Lipinski definition) is 1. The summed E-state index contributed by atoms with van der Waals surface area (Å²) in [5.74, 6) is 0. The third kappa shape index (κ3) is 8.99. The van der Waals surface area contributed by atoms with Gasteiger partial charge in [0.25, 0.3) is 0 Å². The maximum Gasteiger partial charge on any atom is 1.00 e. The van der Waals surface area contributed by atoms with Crippen molar-refractivity contribution in [3.8, 4) is 0 Å². The van der Waals surface area contributed by atoms with E-state index in [0.29, 0.717) is 0 Å². The minimum Gasteiger partial charge on any atom is -0.813 e. The van der Waals surface area contributed by atoms with Crippen LogP contribution in [-0.2, 0) is 67.1 Å². The quantitative estimate of drug-likeness (QED) is 0.311. The first-order valence-electron chi connectivity index (χ1n) is 0. The van der Waals surface area contributed by atoms with Crippen molar-refractivity contribution >= 4 is 13.5 Å². The molecule has 0 aromatic carbocycles. The Balaban J connectivity index is 0. The molecule has 0 fully saturated rings. The van der Waals surface area contributed by atoms with Gasteiger partial charge in [0, 0.05) is 36.5 Å². The van der Waals surface area contributed by atoms with Crippen molar-refractivity contribution in [1.29, 1.82) is 0 Å². The molecule has 0 rings (SSSR count). The zero-order chi connectivity index (χ0) is 0. The van der Waals surface area contributed by atoms with Crippen LogP contribution in [0.5, 0.6) is 0 Å². The summed E-state index contributed by atoms with van der Waals surface area (Å²) in [7, 11) is 0. The fraction of sp³-hybridized carbons (Fsp3) is 0. The molecule has 0 bridgehead atoms. The zero-order valence-corrected chi connectivity index (χ0v) is 7.50. The molecule has 0 saturated carbocycles. The molecule has 4 heavy (non-hydrogen) atoms. The normalized spacial score (nSPS) is 0. The van der Waals surface area contributed by atoms with Crippen LogP contribution in [0, 0.1) is 0 Å². The van der Waals surface area contributed by atoms with Crippen LogP contribution in [0.2, 0.25) is 0 Å². The Morgan fingerprint density at radius 2 is 1.00 bits per heavy atom. The molecule has 0 saturated heterocycles. The molecule has 0 unspecified atom stereocenters. The fourth-order valence-electron chi connectivity index (χ4n) is 0. The Morgan fingerprint density at radius 3 is 1.00 bits per heavy atom. The van der Waals surface area contributed by atoms with Crippen molar-refractivity contribution in [2.24, 2.45) is 0 Å². The monoisotopic (exact) mass is 223 g/mol. The van der Waals surface area contributed by atoms with Crippen LogP contribution in [0.15, 0.2) is 0 Å². The van der Waals surface area contributed by atoms with Gasteiger partial charge in [-0.2, -0.15) is 0 Å². The average molecular weight is 226 g/mol. The summed E-state index contributed by atoms with van der Waals surface area (Å²) in [5.41, 5.74) is 0. The average Bonchev–Trinajstić information content (AvgIpc) is 0. The molecular formula is HCu2SZn. The van der Waals surface area contributed by atoms with Gasteiger partial charge in [0.05, 0.1) is 0 Å². The number of rotatable bonds is 0. The Kier molecular flexibility index (Phi) is 186. The first kappa shape index (κ1) is 37.3. The topological polar surface area (TPSA) is 0 Å². The first-order valence-corrected chi connectivity index (χ1v) is 0. The van der Waals surface area contributed by atoms with E-state index >= 15 is 0 Å². The van der Waals surface area contributed by atoms with Crippen molar-refractivity contribution < 1.29 is 53.6 Å². The zero-order valence-electron chi connectivity index (χ0n) is 1.76. The molecule has 0 spiro atoms. The third-order valence-corrected chi connectivity index (χ3v) is 0. The van der Waals surface area contributed by atoms with Crippen LogP contribution in [0.4, 0.5) is 0 Å². The largest absolute Gasteiger partial charge is 1.00 e. The van der Waals surface area contributed by atoms with Crippen molar-refractivity contribution in [3.05, 3.63) is 0 Å². The SMILES string of the molecule is [Cu+].[Cu].[SH-].[Zn]. The van der Waals surface area contributed by atoms with Gasteiger partial charge in [-0.05, 0) is 0 Å². The van der Waals surface area contributed by atoms with Crippen LogP contribution in [0.3, 0.4) is 0 Å². The van der Waals surface area contributed by atoms with Gasteiger partial charge in [0.1, 0.15) is 0 Å². The maximum atomic E-state index is 0. The third-order valence-electron chi connectivity index (χ3n) is 0. The van der Waals surface area contributed by atoms with E-state index in [4.69, 9.17) is 0 Å². The van der Waals surface area contributed by atoms with E-state index in [0.717, 1.165) is 0 Å². The van der Waals surface area contributed by atoms with Crippen molar-refractivity contribution in [2.75, 3.05) is 0 Å². The number of hydrogen-bond donors (Lipinski definition) is 0. The Labute approximate surface area is 66.6 Å². The van der Waals surface area contributed by atoms with Gasteiger partial charge in [-0.15, -0.1) is 0 Å². The summed E-state index contributed by atoms with van der Waals surface area (Å²) in [4.78, 5) is 0. The summed E-state index contributed by atoms with van der Waals surface area (Å²) in [6.07, 6.45) is 0. The second-order valence-corrected chi connectivity index (χ2v) is 0. The van der Waals surface area contributed by atoms with Crippen molar-refractivity contribution in [1.82, 2.24) is 0 Å². The van der Waals surface area contributed by atoms with E-state index in [-0.39, 0.29) is 67.1 Å². The van der Waals surface area contributed by atoms with Crippen LogP contribution in [0.1, 0.15) is 0 Å². The maximum absolute atomic E-state index is 0. The minimum absolute atomic E-state index is 0. The Hall–Kier alpha value is 2.01. The predicted molar refractivity (Wildman–Crippen MR) is 8.76 cm³/mol. The Bertz CT molecular complexity index is 6.00. The molecule has 0 aliphatic heterocycles. The van der Waals surface area contributed by atoms with Crippen LogP contribution in [0.25, 0.3) is 0 Å². The molecule has 0 aliphatic rings. The molecule has 0 aliphatic carbocycles. The Morgan fingerprint density at radius 1 is 1.00 bits per heavy atom. The summed E-state index contributed by atoms with van der Waals surface area (Å²) in [6.45, 7) is 0. The molecule has 0 amide bonds. The molecular weight excluding hydrogens is 225 g/mol. The summed E-state index contributed by atoms with van der Waals surface area (Å²) in [6, 6.07) is 0. The van der Waals surface area contributed by atoms with Crippen LogP contribution < -0.4 is 0 Å². The first-order chi connectivity index (χ1) is 0. The molecule has 0 N–H and O–H groups in total.